The molecule has 0 bridgehead atoms. The molecule has 1 aliphatic rings. The summed E-state index contributed by atoms with van der Waals surface area (Å²) in [7, 11) is -3.44. The molecule has 1 aromatic carbocycles. The van der Waals surface area contributed by atoms with Crippen molar-refractivity contribution in [1.82, 2.24) is 4.31 Å². The Hall–Kier alpha value is -0.720. The van der Waals surface area contributed by atoms with Gasteiger partial charge in [0, 0.05) is 29.8 Å². The van der Waals surface area contributed by atoms with Crippen molar-refractivity contribution < 1.29 is 8.42 Å². The summed E-state index contributed by atoms with van der Waals surface area (Å²) < 4.78 is 27.2. The maximum Gasteiger partial charge on any atom is 0.243 e. The van der Waals surface area contributed by atoms with Crippen molar-refractivity contribution in [3.8, 4) is 0 Å². The van der Waals surface area contributed by atoms with Crippen LogP contribution in [-0.4, -0.2) is 36.8 Å². The molecule has 0 amide bonds. The van der Waals surface area contributed by atoms with E-state index in [1.807, 2.05) is 18.7 Å². The molecule has 2 N–H and O–H groups in total. The maximum atomic E-state index is 12.8. The van der Waals surface area contributed by atoms with Crippen LogP contribution in [0, 0.1) is 13.8 Å². The fourth-order valence-corrected chi connectivity index (χ4v) is 5.59. The van der Waals surface area contributed by atoms with Crippen LogP contribution in [0.15, 0.2) is 17.0 Å². The number of anilines is 1. The van der Waals surface area contributed by atoms with E-state index in [4.69, 9.17) is 5.73 Å². The van der Waals surface area contributed by atoms with Crippen molar-refractivity contribution in [1.29, 1.82) is 0 Å². The topological polar surface area (TPSA) is 63.4 Å². The number of thioether (sulfide) groups is 1. The lowest BCUT2D eigenvalue weighted by atomic mass is 10.1. The van der Waals surface area contributed by atoms with Gasteiger partial charge in [0.05, 0.1) is 4.90 Å². The second-order valence-corrected chi connectivity index (χ2v) is 8.39. The van der Waals surface area contributed by atoms with Crippen LogP contribution in [0.25, 0.3) is 0 Å². The SMILES string of the molecule is Cc1ccc(N)c(C)c1S(=O)(=O)N1CCSC(C)C1. The minimum Gasteiger partial charge on any atom is -0.398 e. The van der Waals surface area contributed by atoms with Crippen LogP contribution >= 0.6 is 11.8 Å². The fourth-order valence-electron chi connectivity index (χ4n) is 2.37. The first kappa shape index (κ1) is 14.7. The molecule has 0 spiro atoms. The van der Waals surface area contributed by atoms with Crippen LogP contribution in [0.1, 0.15) is 18.1 Å². The van der Waals surface area contributed by atoms with E-state index in [1.165, 1.54) is 0 Å². The highest BCUT2D eigenvalue weighted by atomic mass is 32.2. The highest BCUT2D eigenvalue weighted by Crippen LogP contribution is 2.30. The average molecular weight is 300 g/mol. The number of benzene rings is 1. The van der Waals surface area contributed by atoms with E-state index < -0.39 is 10.0 Å². The molecule has 1 saturated heterocycles. The second-order valence-electron chi connectivity index (χ2n) is 4.97. The van der Waals surface area contributed by atoms with Gasteiger partial charge in [-0.05, 0) is 31.0 Å². The molecule has 106 valence electrons. The van der Waals surface area contributed by atoms with Gasteiger partial charge in [0.1, 0.15) is 0 Å². The predicted molar refractivity (Wildman–Crippen MR) is 81.0 cm³/mol. The summed E-state index contributed by atoms with van der Waals surface area (Å²) in [6.07, 6.45) is 0. The van der Waals surface area contributed by atoms with E-state index in [0.29, 0.717) is 34.5 Å². The normalized spacial score (nSPS) is 21.5. The Balaban J connectivity index is 2.48. The third kappa shape index (κ3) is 2.75. The van der Waals surface area contributed by atoms with E-state index in [0.717, 1.165) is 11.3 Å². The molecule has 19 heavy (non-hydrogen) atoms. The van der Waals surface area contributed by atoms with Crippen LogP contribution in [0.2, 0.25) is 0 Å². The first-order valence-electron chi connectivity index (χ1n) is 6.31. The lowest BCUT2D eigenvalue weighted by Crippen LogP contribution is -2.41. The zero-order valence-corrected chi connectivity index (χ0v) is 13.1. The number of hydrogen-bond acceptors (Lipinski definition) is 4. The van der Waals surface area contributed by atoms with Crippen LogP contribution in [0.5, 0.6) is 0 Å². The molecule has 0 aliphatic carbocycles. The predicted octanol–water partition coefficient (Wildman–Crippen LogP) is 2.01. The molecular formula is C13H20N2O2S2. The third-order valence-corrected chi connectivity index (χ3v) is 6.74. The average Bonchev–Trinajstić information content (AvgIpc) is 2.34. The van der Waals surface area contributed by atoms with Gasteiger partial charge >= 0.3 is 0 Å². The van der Waals surface area contributed by atoms with Crippen molar-refractivity contribution in [2.24, 2.45) is 0 Å². The Morgan fingerprint density at radius 1 is 1.37 bits per heavy atom. The smallest absolute Gasteiger partial charge is 0.243 e. The summed E-state index contributed by atoms with van der Waals surface area (Å²) in [5, 5.41) is 0.338. The zero-order chi connectivity index (χ0) is 14.2. The van der Waals surface area contributed by atoms with Gasteiger partial charge in [-0.1, -0.05) is 13.0 Å². The molecule has 0 saturated carbocycles. The second kappa shape index (κ2) is 5.34. The van der Waals surface area contributed by atoms with Gasteiger partial charge < -0.3 is 5.73 Å². The monoisotopic (exact) mass is 300 g/mol. The maximum absolute atomic E-state index is 12.8. The number of nitrogens with zero attached hydrogens (tertiary/aromatic N) is 1. The Kier molecular flexibility index (Phi) is 4.13. The van der Waals surface area contributed by atoms with Crippen molar-refractivity contribution >= 4 is 27.5 Å². The number of aryl methyl sites for hydroxylation is 1. The minimum absolute atomic E-state index is 0.338. The van der Waals surface area contributed by atoms with Crippen molar-refractivity contribution in [2.45, 2.75) is 30.9 Å². The van der Waals surface area contributed by atoms with Gasteiger partial charge in [0.15, 0.2) is 0 Å². The van der Waals surface area contributed by atoms with Crippen LogP contribution in [-0.2, 0) is 10.0 Å². The summed E-state index contributed by atoms with van der Waals surface area (Å²) in [4.78, 5) is 0.381. The number of nitrogen functional groups attached to an aromatic ring is 1. The Bertz CT molecular complexity index is 585. The molecule has 1 aromatic rings. The van der Waals surface area contributed by atoms with Gasteiger partial charge in [-0.15, -0.1) is 0 Å². The molecule has 1 unspecified atom stereocenters. The van der Waals surface area contributed by atoms with E-state index in [9.17, 15) is 8.42 Å². The summed E-state index contributed by atoms with van der Waals surface area (Å²) in [6, 6.07) is 3.54. The summed E-state index contributed by atoms with van der Waals surface area (Å²) in [5.74, 6) is 0.848. The van der Waals surface area contributed by atoms with Crippen molar-refractivity contribution in [3.63, 3.8) is 0 Å². The molecular weight excluding hydrogens is 280 g/mol. The number of nitrogens with two attached hydrogens (primary N) is 1. The number of sulfonamides is 1. The third-order valence-electron chi connectivity index (χ3n) is 3.45. The van der Waals surface area contributed by atoms with E-state index >= 15 is 0 Å². The molecule has 0 aromatic heterocycles. The van der Waals surface area contributed by atoms with Crippen LogP contribution in [0.3, 0.4) is 0 Å². The molecule has 0 radical (unpaired) electrons. The largest absolute Gasteiger partial charge is 0.398 e. The van der Waals surface area contributed by atoms with E-state index in [1.54, 1.807) is 23.4 Å². The molecule has 1 heterocycles. The Morgan fingerprint density at radius 3 is 2.68 bits per heavy atom. The van der Waals surface area contributed by atoms with Gasteiger partial charge in [-0.2, -0.15) is 16.1 Å². The standard InChI is InChI=1S/C13H20N2O2S2/c1-9-4-5-12(14)11(3)13(9)19(16,17)15-6-7-18-10(2)8-15/h4-5,10H,6-8,14H2,1-3H3. The van der Waals surface area contributed by atoms with Crippen LogP contribution < -0.4 is 5.73 Å². The highest BCUT2D eigenvalue weighted by molar-refractivity contribution is 8.00. The molecule has 1 atom stereocenters. The van der Waals surface area contributed by atoms with Crippen LogP contribution in [0.4, 0.5) is 5.69 Å². The molecule has 1 fully saturated rings. The number of hydrogen-bond donors (Lipinski definition) is 1. The van der Waals surface area contributed by atoms with E-state index in [2.05, 4.69) is 6.92 Å². The lowest BCUT2D eigenvalue weighted by Gasteiger charge is -2.30. The quantitative estimate of drug-likeness (QED) is 0.849. The summed E-state index contributed by atoms with van der Waals surface area (Å²) >= 11 is 1.81. The molecule has 4 nitrogen and oxygen atoms in total. The molecule has 6 heteroatoms. The molecule has 2 rings (SSSR count). The summed E-state index contributed by atoms with van der Waals surface area (Å²) in [5.41, 5.74) is 7.81. The van der Waals surface area contributed by atoms with Gasteiger partial charge in [0.2, 0.25) is 10.0 Å². The number of rotatable bonds is 2. The first-order chi connectivity index (χ1) is 8.84. The van der Waals surface area contributed by atoms with Gasteiger partial charge in [0.25, 0.3) is 0 Å². The van der Waals surface area contributed by atoms with Gasteiger partial charge in [-0.25, -0.2) is 8.42 Å². The summed E-state index contributed by atoms with van der Waals surface area (Å²) in [6.45, 7) is 6.80. The van der Waals surface area contributed by atoms with Gasteiger partial charge in [-0.3, -0.25) is 0 Å². The highest BCUT2D eigenvalue weighted by Gasteiger charge is 2.31. The fraction of sp³-hybridized carbons (Fsp3) is 0.538. The Labute approximate surface area is 119 Å². The van der Waals surface area contributed by atoms with Crippen molar-refractivity contribution in [3.05, 3.63) is 23.3 Å². The minimum atomic E-state index is -3.44. The Morgan fingerprint density at radius 2 is 2.05 bits per heavy atom. The first-order valence-corrected chi connectivity index (χ1v) is 8.80. The molecule has 1 aliphatic heterocycles. The van der Waals surface area contributed by atoms with Crippen molar-refractivity contribution in [2.75, 3.05) is 24.6 Å². The van der Waals surface area contributed by atoms with E-state index in [-0.39, 0.29) is 0 Å². The zero-order valence-electron chi connectivity index (χ0n) is 11.5. The lowest BCUT2D eigenvalue weighted by molar-refractivity contribution is 0.423.